The molecule has 2 aromatic carbocycles. The number of hydrogen-bond acceptors (Lipinski definition) is 3. The van der Waals surface area contributed by atoms with E-state index in [0.29, 0.717) is 17.6 Å². The summed E-state index contributed by atoms with van der Waals surface area (Å²) < 4.78 is 10.9. The van der Waals surface area contributed by atoms with Gasteiger partial charge in [0.1, 0.15) is 11.3 Å². The second kappa shape index (κ2) is 5.68. The van der Waals surface area contributed by atoms with Crippen molar-refractivity contribution >= 4 is 11.0 Å². The van der Waals surface area contributed by atoms with Crippen molar-refractivity contribution in [2.75, 3.05) is 7.11 Å². The molecule has 0 atom stereocenters. The Labute approximate surface area is 129 Å². The van der Waals surface area contributed by atoms with E-state index in [0.717, 1.165) is 27.8 Å². The molecule has 3 rings (SSSR count). The lowest BCUT2D eigenvalue weighted by Crippen LogP contribution is -2.08. The predicted octanol–water partition coefficient (Wildman–Crippen LogP) is 4.01. The summed E-state index contributed by atoms with van der Waals surface area (Å²) in [6.07, 6.45) is 0.558. The zero-order valence-electron chi connectivity index (χ0n) is 13.0. The molecule has 0 aliphatic rings. The van der Waals surface area contributed by atoms with E-state index < -0.39 is 0 Å². The molecule has 3 heteroatoms. The molecule has 1 heterocycles. The molecule has 0 spiro atoms. The Morgan fingerprint density at radius 1 is 1.05 bits per heavy atom. The summed E-state index contributed by atoms with van der Waals surface area (Å²) in [5, 5.41) is 0.830. The molecule has 0 fully saturated rings. The number of aryl methyl sites for hydroxylation is 2. The lowest BCUT2D eigenvalue weighted by atomic mass is 10.0. The van der Waals surface area contributed by atoms with Gasteiger partial charge in [0.05, 0.1) is 12.5 Å². The highest BCUT2D eigenvalue weighted by Crippen LogP contribution is 2.27. The minimum absolute atomic E-state index is 0.289. The van der Waals surface area contributed by atoms with Crippen molar-refractivity contribution in [3.63, 3.8) is 0 Å². The Hall–Kier alpha value is -2.55. The van der Waals surface area contributed by atoms with E-state index in [1.807, 2.05) is 56.3 Å². The monoisotopic (exact) mass is 294 g/mol. The van der Waals surface area contributed by atoms with Crippen LogP contribution in [0.2, 0.25) is 0 Å². The van der Waals surface area contributed by atoms with Crippen LogP contribution in [0.25, 0.3) is 11.0 Å². The topological polar surface area (TPSA) is 39.4 Å². The Morgan fingerprint density at radius 2 is 1.82 bits per heavy atom. The number of methoxy groups -OCH3 is 1. The first-order chi connectivity index (χ1) is 10.6. The quantitative estimate of drug-likeness (QED) is 0.685. The third-order valence-electron chi connectivity index (χ3n) is 3.89. The number of ether oxygens (including phenoxy) is 1. The molecule has 3 nitrogen and oxygen atoms in total. The average Bonchev–Trinajstić information content (AvgIpc) is 2.49. The highest BCUT2D eigenvalue weighted by atomic mass is 16.5. The fourth-order valence-corrected chi connectivity index (χ4v) is 2.66. The van der Waals surface area contributed by atoms with Crippen molar-refractivity contribution in [2.45, 2.75) is 20.3 Å². The molecule has 112 valence electrons. The molecule has 0 unspecified atom stereocenters. The highest BCUT2D eigenvalue weighted by Gasteiger charge is 2.11. The van der Waals surface area contributed by atoms with Gasteiger partial charge in [0.15, 0.2) is 0 Å². The first kappa shape index (κ1) is 14.4. The van der Waals surface area contributed by atoms with Crippen molar-refractivity contribution in [3.05, 3.63) is 75.1 Å². The van der Waals surface area contributed by atoms with Crippen LogP contribution in [0.1, 0.15) is 22.3 Å². The Bertz CT molecular complexity index is 891. The number of fused-ring (bicyclic) bond motifs is 1. The fraction of sp³-hybridized carbons (Fsp3) is 0.211. The summed E-state index contributed by atoms with van der Waals surface area (Å²) in [6, 6.07) is 13.7. The molecule has 0 bridgehead atoms. The van der Waals surface area contributed by atoms with Gasteiger partial charge in [-0.25, -0.2) is 4.79 Å². The van der Waals surface area contributed by atoms with Gasteiger partial charge < -0.3 is 9.15 Å². The largest absolute Gasteiger partial charge is 0.496 e. The van der Waals surface area contributed by atoms with E-state index in [1.165, 1.54) is 0 Å². The van der Waals surface area contributed by atoms with Gasteiger partial charge in [-0.15, -0.1) is 0 Å². The first-order valence-corrected chi connectivity index (χ1v) is 7.24. The standard InChI is InChI=1S/C19H18O3/c1-12-8-17(21-3)16-11-15(19(20)22-18(16)9-12)10-14-7-5-4-6-13(14)2/h4-9,11H,10H2,1-3H3. The minimum Gasteiger partial charge on any atom is -0.496 e. The van der Waals surface area contributed by atoms with E-state index in [4.69, 9.17) is 9.15 Å². The van der Waals surface area contributed by atoms with Crippen molar-refractivity contribution in [2.24, 2.45) is 0 Å². The van der Waals surface area contributed by atoms with Gasteiger partial charge >= 0.3 is 5.63 Å². The summed E-state index contributed by atoms with van der Waals surface area (Å²) >= 11 is 0. The number of benzene rings is 2. The molecule has 0 aliphatic carbocycles. The Kier molecular flexibility index (Phi) is 3.72. The molecule has 0 amide bonds. The second-order valence-corrected chi connectivity index (χ2v) is 5.54. The molecule has 0 N–H and O–H groups in total. The molecule has 0 aliphatic heterocycles. The lowest BCUT2D eigenvalue weighted by molar-refractivity contribution is 0.418. The third kappa shape index (κ3) is 2.62. The van der Waals surface area contributed by atoms with Crippen LogP contribution in [0.3, 0.4) is 0 Å². The summed E-state index contributed by atoms with van der Waals surface area (Å²) in [4.78, 5) is 12.3. The lowest BCUT2D eigenvalue weighted by Gasteiger charge is -2.09. The van der Waals surface area contributed by atoms with E-state index >= 15 is 0 Å². The van der Waals surface area contributed by atoms with Gasteiger partial charge in [0.2, 0.25) is 0 Å². The summed E-state index contributed by atoms with van der Waals surface area (Å²) in [7, 11) is 1.63. The van der Waals surface area contributed by atoms with Crippen LogP contribution in [0.15, 0.2) is 51.7 Å². The van der Waals surface area contributed by atoms with E-state index in [1.54, 1.807) is 7.11 Å². The van der Waals surface area contributed by atoms with E-state index in [9.17, 15) is 4.79 Å². The highest BCUT2D eigenvalue weighted by molar-refractivity contribution is 5.84. The van der Waals surface area contributed by atoms with E-state index in [-0.39, 0.29) is 5.63 Å². The molecule has 3 aromatic rings. The van der Waals surface area contributed by atoms with Gasteiger partial charge in [0, 0.05) is 12.0 Å². The summed E-state index contributed by atoms with van der Waals surface area (Å²) in [5.74, 6) is 0.727. The second-order valence-electron chi connectivity index (χ2n) is 5.54. The van der Waals surface area contributed by atoms with Crippen LogP contribution < -0.4 is 10.4 Å². The van der Waals surface area contributed by atoms with Crippen molar-refractivity contribution < 1.29 is 9.15 Å². The minimum atomic E-state index is -0.289. The molecule has 0 radical (unpaired) electrons. The number of hydrogen-bond donors (Lipinski definition) is 0. The maximum atomic E-state index is 12.3. The zero-order chi connectivity index (χ0) is 15.7. The molecule has 1 aromatic heterocycles. The average molecular weight is 294 g/mol. The molecule has 0 saturated heterocycles. The van der Waals surface area contributed by atoms with Crippen LogP contribution >= 0.6 is 0 Å². The number of rotatable bonds is 3. The smallest absolute Gasteiger partial charge is 0.339 e. The zero-order valence-corrected chi connectivity index (χ0v) is 13.0. The SMILES string of the molecule is COc1cc(C)cc2oc(=O)c(Cc3ccccc3C)cc12. The summed E-state index contributed by atoms with van der Waals surface area (Å²) in [6.45, 7) is 3.99. The van der Waals surface area contributed by atoms with Crippen molar-refractivity contribution in [1.29, 1.82) is 0 Å². The van der Waals surface area contributed by atoms with Crippen LogP contribution in [0.5, 0.6) is 5.75 Å². The third-order valence-corrected chi connectivity index (χ3v) is 3.89. The molecular weight excluding hydrogens is 276 g/mol. The van der Waals surface area contributed by atoms with E-state index in [2.05, 4.69) is 0 Å². The maximum Gasteiger partial charge on any atom is 0.339 e. The van der Waals surface area contributed by atoms with Crippen LogP contribution in [-0.2, 0) is 6.42 Å². The van der Waals surface area contributed by atoms with Gasteiger partial charge in [-0.3, -0.25) is 0 Å². The van der Waals surface area contributed by atoms with Crippen LogP contribution in [-0.4, -0.2) is 7.11 Å². The van der Waals surface area contributed by atoms with Gasteiger partial charge in [-0.05, 0) is 48.7 Å². The van der Waals surface area contributed by atoms with Crippen molar-refractivity contribution in [3.8, 4) is 5.75 Å². The maximum absolute atomic E-state index is 12.3. The van der Waals surface area contributed by atoms with Gasteiger partial charge in [-0.1, -0.05) is 24.3 Å². The molecule has 22 heavy (non-hydrogen) atoms. The fourth-order valence-electron chi connectivity index (χ4n) is 2.66. The Morgan fingerprint density at radius 3 is 2.55 bits per heavy atom. The predicted molar refractivity (Wildman–Crippen MR) is 87.8 cm³/mol. The van der Waals surface area contributed by atoms with Gasteiger partial charge in [0.25, 0.3) is 0 Å². The Balaban J connectivity index is 2.15. The van der Waals surface area contributed by atoms with Gasteiger partial charge in [-0.2, -0.15) is 0 Å². The van der Waals surface area contributed by atoms with Crippen LogP contribution in [0, 0.1) is 13.8 Å². The van der Waals surface area contributed by atoms with Crippen molar-refractivity contribution in [1.82, 2.24) is 0 Å². The van der Waals surface area contributed by atoms with Crippen LogP contribution in [0.4, 0.5) is 0 Å². The summed E-state index contributed by atoms with van der Waals surface area (Å²) in [5.41, 5.74) is 4.21. The molecular formula is C19H18O3. The normalized spacial score (nSPS) is 10.9. The molecule has 0 saturated carbocycles. The first-order valence-electron chi connectivity index (χ1n) is 7.24.